The van der Waals surface area contributed by atoms with E-state index in [0.717, 1.165) is 12.1 Å². The molecule has 18 nitrogen and oxygen atoms in total. The maximum absolute atomic E-state index is 13.5. The van der Waals surface area contributed by atoms with Crippen LogP contribution in [-0.2, 0) is 23.7 Å². The van der Waals surface area contributed by atoms with Gasteiger partial charge in [0, 0.05) is 23.8 Å². The number of benzene rings is 3. The summed E-state index contributed by atoms with van der Waals surface area (Å²) in [6, 6.07) is 12.5. The number of phenolic OH excluding ortho intramolecular Hbond substituents is 3. The largest absolute Gasteiger partial charge is 0.508 e. The molecule has 0 unspecified atom stereocenters. The van der Waals surface area contributed by atoms with Crippen molar-refractivity contribution in [2.45, 2.75) is 61.2 Å². The van der Waals surface area contributed by atoms with Crippen LogP contribution in [0.5, 0.6) is 28.7 Å². The molecule has 3 heterocycles. The molecule has 0 spiro atoms. The summed E-state index contributed by atoms with van der Waals surface area (Å²) >= 11 is 0. The highest BCUT2D eigenvalue weighted by Gasteiger charge is 2.52. The van der Waals surface area contributed by atoms with Crippen molar-refractivity contribution in [2.75, 3.05) is 27.4 Å². The lowest BCUT2D eigenvalue weighted by molar-refractivity contribution is -0.342. The summed E-state index contributed by atoms with van der Waals surface area (Å²) < 4.78 is 39.2. The fourth-order valence-electron chi connectivity index (χ4n) is 6.48. The van der Waals surface area contributed by atoms with E-state index in [9.17, 15) is 55.5 Å². The first-order chi connectivity index (χ1) is 26.8. The predicted octanol–water partition coefficient (Wildman–Crippen LogP) is 0.197. The van der Waals surface area contributed by atoms with Gasteiger partial charge in [-0.2, -0.15) is 0 Å². The zero-order valence-electron chi connectivity index (χ0n) is 29.7. The van der Waals surface area contributed by atoms with Gasteiger partial charge in [-0.15, -0.1) is 0 Å². The number of rotatable bonds is 11. The SMILES string of the molecule is COc1cc(/C=C\C(=O)OC[C@H]2O[C@@H](O[C@@H]3[C@@H](O)[C@H](O)[C@@H](CO)O[C@H]3c3c(OC)cc4oc(-c5ccc(O)cc5)cc(=O)c4c3O)[C@H](O)[C@@H](O)[C@@H]2O)ccc1O. The third-order valence-electron chi connectivity index (χ3n) is 9.48. The zero-order valence-corrected chi connectivity index (χ0v) is 29.7. The summed E-state index contributed by atoms with van der Waals surface area (Å²) in [5.74, 6) is -1.70. The highest BCUT2D eigenvalue weighted by Crippen LogP contribution is 2.46. The van der Waals surface area contributed by atoms with Gasteiger partial charge in [0.05, 0.1) is 26.4 Å². The van der Waals surface area contributed by atoms with Crippen LogP contribution in [0.25, 0.3) is 28.4 Å². The second kappa shape index (κ2) is 16.8. The summed E-state index contributed by atoms with van der Waals surface area (Å²) in [5.41, 5.74) is -0.256. The number of hydrogen-bond acceptors (Lipinski definition) is 18. The van der Waals surface area contributed by atoms with Gasteiger partial charge in [0.1, 0.15) is 95.5 Å². The summed E-state index contributed by atoms with van der Waals surface area (Å²) in [6.45, 7) is -1.50. The number of aliphatic hydroxyl groups is 6. The number of fused-ring (bicyclic) bond motifs is 1. The Bertz CT molecular complexity index is 2110. The highest BCUT2D eigenvalue weighted by molar-refractivity contribution is 5.88. The summed E-state index contributed by atoms with van der Waals surface area (Å²) in [6.07, 6.45) is -15.5. The molecule has 18 heteroatoms. The van der Waals surface area contributed by atoms with E-state index in [1.165, 1.54) is 68.8 Å². The molecular formula is C38H40O18. The average molecular weight is 785 g/mol. The number of carbonyl (C=O) groups excluding carboxylic acids is 1. The van der Waals surface area contributed by atoms with Crippen LogP contribution in [-0.4, -0.2) is 134 Å². The summed E-state index contributed by atoms with van der Waals surface area (Å²) in [5, 5.41) is 95.2. The molecule has 0 saturated carbocycles. The van der Waals surface area contributed by atoms with E-state index in [1.54, 1.807) is 0 Å². The Hall–Kier alpha value is -5.28. The molecule has 10 atom stereocenters. The number of phenols is 3. The zero-order chi connectivity index (χ0) is 40.4. The topological polar surface area (TPSA) is 285 Å². The molecule has 2 aliphatic heterocycles. The smallest absolute Gasteiger partial charge is 0.330 e. The van der Waals surface area contributed by atoms with Crippen LogP contribution in [0.4, 0.5) is 0 Å². The Kier molecular flexibility index (Phi) is 12.1. The van der Waals surface area contributed by atoms with E-state index < -0.39 is 91.6 Å². The van der Waals surface area contributed by atoms with Crippen LogP contribution in [0.2, 0.25) is 0 Å². The maximum atomic E-state index is 13.5. The van der Waals surface area contributed by atoms with Gasteiger partial charge in [0.2, 0.25) is 0 Å². The monoisotopic (exact) mass is 784 g/mol. The Morgan fingerprint density at radius 2 is 1.50 bits per heavy atom. The number of esters is 1. The number of ether oxygens (including phenoxy) is 6. The standard InChI is InChI=1S/C38H40O18/c1-50-22-11-16(3-9-19(22)41)4-10-27(43)52-15-26-31(45)33(47)35(49)38(55-26)56-37-34(48)30(44)25(14-39)54-36(37)29-23(51-2)13-24-28(32(29)46)20(42)12-21(53-24)17-5-7-18(40)8-6-17/h3-13,25-26,30-31,33-41,44-49H,14-15H2,1-2H3/b10-4-/t25-,26-,30-,31-,33+,34+,35-,36+,37-,38+/m1/s1. The number of methoxy groups -OCH3 is 2. The second-order valence-corrected chi connectivity index (χ2v) is 13.0. The van der Waals surface area contributed by atoms with Gasteiger partial charge in [0.25, 0.3) is 0 Å². The Balaban J connectivity index is 1.28. The van der Waals surface area contributed by atoms with Gasteiger partial charge < -0.3 is 78.8 Å². The van der Waals surface area contributed by atoms with Crippen molar-refractivity contribution >= 4 is 23.0 Å². The molecule has 9 N–H and O–H groups in total. The number of hydrogen-bond donors (Lipinski definition) is 9. The lowest BCUT2D eigenvalue weighted by atomic mass is 9.89. The fourth-order valence-corrected chi connectivity index (χ4v) is 6.48. The van der Waals surface area contributed by atoms with Gasteiger partial charge >= 0.3 is 5.97 Å². The van der Waals surface area contributed by atoms with Crippen LogP contribution in [0.15, 0.2) is 69.9 Å². The molecule has 56 heavy (non-hydrogen) atoms. The molecule has 2 fully saturated rings. The van der Waals surface area contributed by atoms with Crippen molar-refractivity contribution < 1.29 is 83.6 Å². The van der Waals surface area contributed by atoms with Gasteiger partial charge in [0.15, 0.2) is 23.2 Å². The summed E-state index contributed by atoms with van der Waals surface area (Å²) in [7, 11) is 2.57. The molecule has 1 aromatic heterocycles. The third kappa shape index (κ3) is 8.01. The Labute approximate surface area is 317 Å². The molecular weight excluding hydrogens is 744 g/mol. The molecule has 0 bridgehead atoms. The number of carbonyl (C=O) groups is 1. The maximum Gasteiger partial charge on any atom is 0.330 e. The van der Waals surface area contributed by atoms with E-state index in [2.05, 4.69) is 0 Å². The van der Waals surface area contributed by atoms with E-state index in [-0.39, 0.29) is 45.3 Å². The molecule has 2 aliphatic rings. The first-order valence-electron chi connectivity index (χ1n) is 17.1. The molecule has 0 amide bonds. The second-order valence-electron chi connectivity index (χ2n) is 13.0. The van der Waals surface area contributed by atoms with Crippen LogP contribution >= 0.6 is 0 Å². The lowest BCUT2D eigenvalue weighted by Crippen LogP contribution is -2.63. The van der Waals surface area contributed by atoms with Crippen LogP contribution in [0.3, 0.4) is 0 Å². The van der Waals surface area contributed by atoms with Crippen molar-refractivity contribution in [3.63, 3.8) is 0 Å². The lowest BCUT2D eigenvalue weighted by Gasteiger charge is -2.46. The Morgan fingerprint density at radius 3 is 2.18 bits per heavy atom. The van der Waals surface area contributed by atoms with Crippen molar-refractivity contribution in [1.82, 2.24) is 0 Å². The molecule has 0 aliphatic carbocycles. The first-order valence-corrected chi connectivity index (χ1v) is 17.1. The molecule has 300 valence electrons. The van der Waals surface area contributed by atoms with Crippen LogP contribution in [0, 0.1) is 0 Å². The fraction of sp³-hybridized carbons (Fsp3) is 0.368. The van der Waals surface area contributed by atoms with Gasteiger partial charge in [-0.05, 0) is 48.0 Å². The van der Waals surface area contributed by atoms with Crippen molar-refractivity contribution in [1.29, 1.82) is 0 Å². The van der Waals surface area contributed by atoms with Crippen LogP contribution < -0.4 is 14.9 Å². The van der Waals surface area contributed by atoms with Crippen molar-refractivity contribution in [3.8, 4) is 40.1 Å². The number of aliphatic hydroxyl groups excluding tert-OH is 6. The van der Waals surface area contributed by atoms with E-state index >= 15 is 0 Å². The molecule has 4 aromatic rings. The normalized spacial score (nSPS) is 28.0. The average Bonchev–Trinajstić information content (AvgIpc) is 3.19. The van der Waals surface area contributed by atoms with E-state index in [1.807, 2.05) is 0 Å². The minimum absolute atomic E-state index is 0.0214. The minimum Gasteiger partial charge on any atom is -0.508 e. The predicted molar refractivity (Wildman–Crippen MR) is 191 cm³/mol. The number of aromatic hydroxyl groups is 3. The van der Waals surface area contributed by atoms with Gasteiger partial charge in [-0.3, -0.25) is 4.79 Å². The van der Waals surface area contributed by atoms with Crippen molar-refractivity contribution in [2.24, 2.45) is 0 Å². The van der Waals surface area contributed by atoms with Crippen LogP contribution in [0.1, 0.15) is 17.2 Å². The summed E-state index contributed by atoms with van der Waals surface area (Å²) in [4.78, 5) is 26.0. The quantitative estimate of drug-likeness (QED) is 0.0725. The van der Waals surface area contributed by atoms with E-state index in [0.29, 0.717) is 11.1 Å². The van der Waals surface area contributed by atoms with Crippen molar-refractivity contribution in [3.05, 3.63) is 82.0 Å². The highest BCUT2D eigenvalue weighted by atomic mass is 16.7. The molecule has 2 saturated heterocycles. The molecule has 6 rings (SSSR count). The van der Waals surface area contributed by atoms with Gasteiger partial charge in [-0.25, -0.2) is 4.79 Å². The molecule has 0 radical (unpaired) electrons. The van der Waals surface area contributed by atoms with E-state index in [4.69, 9.17) is 32.8 Å². The minimum atomic E-state index is -2.00. The third-order valence-corrected chi connectivity index (χ3v) is 9.48. The Morgan fingerprint density at radius 1 is 0.804 bits per heavy atom. The first kappa shape index (κ1) is 40.4. The molecule has 3 aromatic carbocycles. The van der Waals surface area contributed by atoms with Gasteiger partial charge in [-0.1, -0.05) is 6.07 Å².